The average Bonchev–Trinajstić information content (AvgIpc) is 2.76. The number of benzene rings is 1. The smallest absolute Gasteiger partial charge is 0.215 e. The molecule has 1 aliphatic carbocycles. The lowest BCUT2D eigenvalue weighted by molar-refractivity contribution is 0.498. The van der Waals surface area contributed by atoms with Gasteiger partial charge in [0.2, 0.25) is 10.0 Å². The lowest BCUT2D eigenvalue weighted by Crippen LogP contribution is -2.29. The molecular weight excluding hydrogens is 260 g/mol. The Morgan fingerprint density at radius 2 is 1.95 bits per heavy atom. The van der Waals surface area contributed by atoms with Crippen molar-refractivity contribution in [3.05, 3.63) is 29.8 Å². The van der Waals surface area contributed by atoms with E-state index in [0.29, 0.717) is 18.2 Å². The fraction of sp³-hybridized carbons (Fsp3) is 0.571. The number of nitrogens with one attached hydrogen (secondary N) is 1. The molecule has 1 saturated carbocycles. The predicted octanol–water partition coefficient (Wildman–Crippen LogP) is 2.12. The molecule has 1 aromatic rings. The lowest BCUT2D eigenvalue weighted by Gasteiger charge is -2.11. The van der Waals surface area contributed by atoms with E-state index >= 15 is 0 Å². The second-order valence-corrected chi connectivity index (χ2v) is 7.44. The first-order chi connectivity index (χ1) is 8.94. The van der Waals surface area contributed by atoms with Gasteiger partial charge in [0.15, 0.2) is 0 Å². The number of nitrogens with two attached hydrogens (primary N) is 1. The van der Waals surface area contributed by atoms with Gasteiger partial charge in [-0.2, -0.15) is 0 Å². The van der Waals surface area contributed by atoms with E-state index in [2.05, 4.69) is 11.6 Å². The van der Waals surface area contributed by atoms with E-state index in [1.54, 1.807) is 24.3 Å². The maximum absolute atomic E-state index is 12.0. The molecule has 2 rings (SSSR count). The highest BCUT2D eigenvalue weighted by atomic mass is 32.2. The van der Waals surface area contributed by atoms with Gasteiger partial charge < -0.3 is 5.73 Å². The molecule has 2 unspecified atom stereocenters. The molecule has 0 radical (unpaired) electrons. The maximum Gasteiger partial charge on any atom is 0.215 e. The minimum Gasteiger partial charge on any atom is -0.399 e. The Labute approximate surface area is 115 Å². The molecule has 0 saturated heterocycles. The first kappa shape index (κ1) is 14.3. The van der Waals surface area contributed by atoms with Gasteiger partial charge in [0.05, 0.1) is 5.75 Å². The van der Waals surface area contributed by atoms with Crippen LogP contribution in [0.15, 0.2) is 24.3 Å². The van der Waals surface area contributed by atoms with E-state index in [1.165, 1.54) is 6.42 Å². The van der Waals surface area contributed by atoms with Crippen molar-refractivity contribution in [2.24, 2.45) is 11.8 Å². The molecule has 0 aliphatic heterocycles. The summed E-state index contributed by atoms with van der Waals surface area (Å²) in [6.45, 7) is 2.80. The summed E-state index contributed by atoms with van der Waals surface area (Å²) in [6.07, 6.45) is 3.47. The largest absolute Gasteiger partial charge is 0.399 e. The Hall–Kier alpha value is -1.07. The molecule has 0 heterocycles. The van der Waals surface area contributed by atoms with Gasteiger partial charge in [0.1, 0.15) is 0 Å². The van der Waals surface area contributed by atoms with Crippen molar-refractivity contribution < 1.29 is 8.42 Å². The SMILES string of the molecule is CC1CCC(CNS(=O)(=O)Cc2ccc(N)cc2)C1. The Morgan fingerprint density at radius 3 is 2.53 bits per heavy atom. The minimum absolute atomic E-state index is 0.0234. The van der Waals surface area contributed by atoms with Crippen LogP contribution in [0, 0.1) is 11.8 Å². The summed E-state index contributed by atoms with van der Waals surface area (Å²) in [6, 6.07) is 6.96. The van der Waals surface area contributed by atoms with Crippen molar-refractivity contribution in [1.82, 2.24) is 4.72 Å². The molecule has 0 bridgehead atoms. The number of hydrogen-bond acceptors (Lipinski definition) is 3. The zero-order valence-corrected chi connectivity index (χ0v) is 12.1. The van der Waals surface area contributed by atoms with Gasteiger partial charge in [-0.1, -0.05) is 25.5 Å². The highest BCUT2D eigenvalue weighted by Crippen LogP contribution is 2.29. The molecule has 1 aromatic carbocycles. The molecule has 0 aromatic heterocycles. The van der Waals surface area contributed by atoms with Crippen LogP contribution in [0.3, 0.4) is 0 Å². The second kappa shape index (κ2) is 5.92. The normalized spacial score (nSPS) is 23.6. The molecule has 106 valence electrons. The standard InChI is InChI=1S/C14H22N2O2S/c1-11-2-3-13(8-11)9-16-19(17,18)10-12-4-6-14(15)7-5-12/h4-7,11,13,16H,2-3,8-10,15H2,1H3. The molecular formula is C14H22N2O2S. The molecule has 1 fully saturated rings. The highest BCUT2D eigenvalue weighted by Gasteiger charge is 2.22. The second-order valence-electron chi connectivity index (χ2n) is 5.63. The molecule has 2 atom stereocenters. The molecule has 19 heavy (non-hydrogen) atoms. The van der Waals surface area contributed by atoms with E-state index in [1.807, 2.05) is 0 Å². The highest BCUT2D eigenvalue weighted by molar-refractivity contribution is 7.88. The minimum atomic E-state index is -3.24. The van der Waals surface area contributed by atoms with Gasteiger partial charge in [-0.25, -0.2) is 13.1 Å². The fourth-order valence-corrected chi connectivity index (χ4v) is 3.86. The monoisotopic (exact) mass is 282 g/mol. The van der Waals surface area contributed by atoms with Crippen LogP contribution in [-0.2, 0) is 15.8 Å². The van der Waals surface area contributed by atoms with Crippen molar-refractivity contribution in [2.45, 2.75) is 31.9 Å². The van der Waals surface area contributed by atoms with Gasteiger partial charge in [0.25, 0.3) is 0 Å². The maximum atomic E-state index is 12.0. The van der Waals surface area contributed by atoms with Crippen molar-refractivity contribution in [3.63, 3.8) is 0 Å². The van der Waals surface area contributed by atoms with Gasteiger partial charge in [-0.3, -0.25) is 0 Å². The third-order valence-electron chi connectivity index (χ3n) is 3.73. The van der Waals surface area contributed by atoms with Crippen LogP contribution in [0.2, 0.25) is 0 Å². The van der Waals surface area contributed by atoms with Gasteiger partial charge in [-0.15, -0.1) is 0 Å². The van der Waals surface area contributed by atoms with E-state index < -0.39 is 10.0 Å². The molecule has 3 N–H and O–H groups in total. The summed E-state index contributed by atoms with van der Waals surface area (Å²) in [5.41, 5.74) is 6.99. The first-order valence-electron chi connectivity index (χ1n) is 6.76. The van der Waals surface area contributed by atoms with E-state index in [4.69, 9.17) is 5.73 Å². The third kappa shape index (κ3) is 4.51. The average molecular weight is 282 g/mol. The van der Waals surface area contributed by atoms with Crippen LogP contribution in [0.25, 0.3) is 0 Å². The number of nitrogen functional groups attached to an aromatic ring is 1. The fourth-order valence-electron chi connectivity index (χ4n) is 2.64. The quantitative estimate of drug-likeness (QED) is 0.813. The Bertz CT molecular complexity index is 511. The molecule has 0 amide bonds. The third-order valence-corrected chi connectivity index (χ3v) is 5.05. The molecule has 0 spiro atoms. The van der Waals surface area contributed by atoms with Crippen LogP contribution in [0.1, 0.15) is 31.7 Å². The van der Waals surface area contributed by atoms with Crippen LogP contribution in [0.4, 0.5) is 5.69 Å². The van der Waals surface area contributed by atoms with Crippen molar-refractivity contribution >= 4 is 15.7 Å². The summed E-state index contributed by atoms with van der Waals surface area (Å²) in [4.78, 5) is 0. The topological polar surface area (TPSA) is 72.2 Å². The first-order valence-corrected chi connectivity index (χ1v) is 8.41. The number of anilines is 1. The number of hydrogen-bond donors (Lipinski definition) is 2. The van der Waals surface area contributed by atoms with Gasteiger partial charge >= 0.3 is 0 Å². The van der Waals surface area contributed by atoms with E-state index in [0.717, 1.165) is 24.3 Å². The summed E-state index contributed by atoms with van der Waals surface area (Å²) >= 11 is 0. The predicted molar refractivity (Wildman–Crippen MR) is 78.0 cm³/mol. The van der Waals surface area contributed by atoms with Crippen LogP contribution >= 0.6 is 0 Å². The van der Waals surface area contributed by atoms with Crippen LogP contribution < -0.4 is 10.5 Å². The summed E-state index contributed by atoms with van der Waals surface area (Å²) in [5.74, 6) is 1.25. The van der Waals surface area contributed by atoms with Crippen molar-refractivity contribution in [1.29, 1.82) is 0 Å². The lowest BCUT2D eigenvalue weighted by atomic mass is 10.1. The van der Waals surface area contributed by atoms with Crippen LogP contribution in [-0.4, -0.2) is 15.0 Å². The Morgan fingerprint density at radius 1 is 1.26 bits per heavy atom. The molecule has 1 aliphatic rings. The van der Waals surface area contributed by atoms with E-state index in [9.17, 15) is 8.42 Å². The van der Waals surface area contributed by atoms with E-state index in [-0.39, 0.29) is 5.75 Å². The van der Waals surface area contributed by atoms with Gasteiger partial charge in [-0.05, 0) is 42.4 Å². The molecule has 4 nitrogen and oxygen atoms in total. The molecule has 5 heteroatoms. The Balaban J connectivity index is 1.86. The summed E-state index contributed by atoms with van der Waals surface area (Å²) in [7, 11) is -3.24. The zero-order chi connectivity index (χ0) is 13.9. The van der Waals surface area contributed by atoms with Crippen LogP contribution in [0.5, 0.6) is 0 Å². The summed E-state index contributed by atoms with van der Waals surface area (Å²) < 4.78 is 26.7. The van der Waals surface area contributed by atoms with Gasteiger partial charge in [0, 0.05) is 12.2 Å². The Kier molecular flexibility index (Phi) is 4.47. The van der Waals surface area contributed by atoms with Crippen molar-refractivity contribution in [2.75, 3.05) is 12.3 Å². The number of sulfonamides is 1. The zero-order valence-electron chi connectivity index (χ0n) is 11.3. The summed E-state index contributed by atoms with van der Waals surface area (Å²) in [5, 5.41) is 0. The van der Waals surface area contributed by atoms with Crippen molar-refractivity contribution in [3.8, 4) is 0 Å². The number of rotatable bonds is 5.